The molecule has 12 atom stereocenters. The van der Waals surface area contributed by atoms with Gasteiger partial charge in [-0.05, 0) is 129 Å². The number of carbonyl (C=O) groups is 1. The highest BCUT2D eigenvalue weighted by atomic mass is 28.4. The lowest BCUT2D eigenvalue weighted by Crippen LogP contribution is -2.51. The number of aromatic nitrogens is 2. The Bertz CT molecular complexity index is 1850. The lowest BCUT2D eigenvalue weighted by molar-refractivity contribution is -0.0715. The van der Waals surface area contributed by atoms with Crippen LogP contribution in [0.3, 0.4) is 0 Å². The number of rotatable bonds is 19. The lowest BCUT2D eigenvalue weighted by Gasteiger charge is -2.58. The summed E-state index contributed by atoms with van der Waals surface area (Å²) in [6.07, 6.45) is 20.2. The van der Waals surface area contributed by atoms with Gasteiger partial charge in [0.2, 0.25) is 0 Å². The molecule has 0 aromatic carbocycles. The van der Waals surface area contributed by atoms with Crippen molar-refractivity contribution < 1.29 is 28.3 Å². The van der Waals surface area contributed by atoms with Crippen molar-refractivity contribution in [1.82, 2.24) is 14.9 Å². The van der Waals surface area contributed by atoms with Crippen LogP contribution in [0.2, 0.25) is 18.1 Å². The molecule has 63 heavy (non-hydrogen) atoms. The van der Waals surface area contributed by atoms with Crippen LogP contribution in [0.15, 0.2) is 38.7 Å². The van der Waals surface area contributed by atoms with Crippen LogP contribution in [-0.2, 0) is 23.5 Å². The van der Waals surface area contributed by atoms with Gasteiger partial charge in [-0.2, -0.15) is 0 Å². The Balaban J connectivity index is 0.897. The van der Waals surface area contributed by atoms with E-state index in [2.05, 4.69) is 90.0 Å². The molecule has 0 radical (unpaired) electrons. The minimum absolute atomic E-state index is 0.0462. The van der Waals surface area contributed by atoms with Crippen molar-refractivity contribution in [3.05, 3.63) is 44.8 Å². The highest BCUT2D eigenvalue weighted by Crippen LogP contribution is 2.67. The molecule has 0 spiro atoms. The van der Waals surface area contributed by atoms with Gasteiger partial charge in [-0.15, -0.1) is 0 Å². The summed E-state index contributed by atoms with van der Waals surface area (Å²) in [5.74, 6) is 4.94. The number of fused-ring (bicyclic) bond motifs is 5. The predicted molar refractivity (Wildman–Crippen MR) is 252 cm³/mol. The number of ether oxygens (including phenoxy) is 3. The number of methoxy groups -OCH3 is 1. The smallest absolute Gasteiger partial charge is 0.407 e. The van der Waals surface area contributed by atoms with Gasteiger partial charge in [0.1, 0.15) is 31.0 Å². The molecule has 3 saturated carbocycles. The van der Waals surface area contributed by atoms with Gasteiger partial charge in [-0.1, -0.05) is 97.9 Å². The maximum Gasteiger partial charge on any atom is 0.407 e. The maximum absolute atomic E-state index is 12.9. The fraction of sp³-hybridized carbons (Fsp3) is 0.840. The van der Waals surface area contributed by atoms with Crippen LogP contribution >= 0.6 is 0 Å². The largest absolute Gasteiger partial charge is 0.446 e. The highest BCUT2D eigenvalue weighted by molar-refractivity contribution is 6.74. The van der Waals surface area contributed by atoms with Crippen LogP contribution in [-0.4, -0.2) is 74.9 Å². The van der Waals surface area contributed by atoms with Crippen LogP contribution in [0.4, 0.5) is 4.79 Å². The number of hydrogen-bond acceptors (Lipinski definition) is 9. The quantitative estimate of drug-likeness (QED) is 0.0460. The molecule has 2 N–H and O–H groups in total. The summed E-state index contributed by atoms with van der Waals surface area (Å²) < 4.78 is 26.4. The number of aromatic amines is 1. The molecule has 2 heterocycles. The van der Waals surface area contributed by atoms with E-state index in [1.54, 1.807) is 18.9 Å². The van der Waals surface area contributed by atoms with Gasteiger partial charge in [0, 0.05) is 38.6 Å². The summed E-state index contributed by atoms with van der Waals surface area (Å²) in [5.41, 5.74) is 1.23. The van der Waals surface area contributed by atoms with Crippen molar-refractivity contribution in [3.8, 4) is 0 Å². The number of amides is 1. The van der Waals surface area contributed by atoms with Crippen molar-refractivity contribution in [2.24, 2.45) is 51.5 Å². The number of carbonyl (C=O) groups excluding carboxylic acids is 1. The SMILES string of the molecule is COC1C(O[Si](C)(C)C(C)(C)C)[C@@H](CO/N=C\CCCCCNC(=O)O[C@H]2CC[C@@]3(C)C(=CCC4C3CC[C@@]3(C)C4CC[C@@H]3[C@H](C)CCCC(C)C)C2)O[C@H]1n1ccc(=O)[nH]c1=O. The second-order valence-corrected chi connectivity index (χ2v) is 27.3. The average Bonchev–Trinajstić information content (AvgIpc) is 3.74. The Hall–Kier alpha value is -2.74. The number of H-pyrrole nitrogens is 1. The molecule has 0 bridgehead atoms. The molecule has 13 heteroatoms. The van der Waals surface area contributed by atoms with E-state index in [1.165, 1.54) is 68.2 Å². The number of unbranched alkanes of at least 4 members (excludes halogenated alkanes) is 3. The Morgan fingerprint density at radius 3 is 2.52 bits per heavy atom. The standard InChI is InChI=1S/C50H84N4O8Si/c1-33(2)17-16-18-34(3)38-21-22-39-37-20-19-35-31-36(23-26-49(35,7)40(37)24-27-50(38,39)8)60-47(57)51-28-14-12-13-15-29-52-59-32-41-43(62-63(10,11)48(4,5)6)44(58-9)45(61-41)54-30-25-42(55)53-46(54)56/h19,25,29-30,33-34,36-41,43-45H,12-18,20-24,26-28,31-32H2,1-11H3,(H,51,57)(H,53,55,56)/b52-29-/t34-,36+,37?,38-,39?,40?,41-,43?,44?,45-,49+,50-/m1/s1. The van der Waals surface area contributed by atoms with Crippen molar-refractivity contribution >= 4 is 20.6 Å². The van der Waals surface area contributed by atoms with Crippen molar-refractivity contribution in [1.29, 1.82) is 0 Å². The summed E-state index contributed by atoms with van der Waals surface area (Å²) in [6.45, 7) is 24.0. The van der Waals surface area contributed by atoms with E-state index < -0.39 is 44.1 Å². The molecular weight excluding hydrogens is 813 g/mol. The first-order chi connectivity index (χ1) is 29.8. The van der Waals surface area contributed by atoms with Crippen LogP contribution < -0.4 is 16.6 Å². The zero-order chi connectivity index (χ0) is 45.7. The molecule has 1 aliphatic heterocycles. The van der Waals surface area contributed by atoms with Crippen LogP contribution in [0.5, 0.6) is 0 Å². The summed E-state index contributed by atoms with van der Waals surface area (Å²) in [4.78, 5) is 45.4. The van der Waals surface area contributed by atoms with Gasteiger partial charge in [0.15, 0.2) is 14.5 Å². The van der Waals surface area contributed by atoms with E-state index in [0.717, 1.165) is 80.5 Å². The average molecular weight is 897 g/mol. The minimum atomic E-state index is -2.28. The van der Waals surface area contributed by atoms with Crippen molar-refractivity contribution in [2.45, 2.75) is 200 Å². The Labute approximate surface area is 379 Å². The second kappa shape index (κ2) is 20.8. The van der Waals surface area contributed by atoms with Gasteiger partial charge in [0.05, 0.1) is 0 Å². The van der Waals surface area contributed by atoms with E-state index in [-0.39, 0.29) is 29.3 Å². The number of allylic oxidation sites excluding steroid dienone is 1. The molecule has 1 aromatic rings. The first-order valence-electron chi connectivity index (χ1n) is 24.7. The fourth-order valence-corrected chi connectivity index (χ4v) is 13.8. The van der Waals surface area contributed by atoms with Gasteiger partial charge in [-0.3, -0.25) is 14.3 Å². The minimum Gasteiger partial charge on any atom is -0.446 e. The third-order valence-corrected chi connectivity index (χ3v) is 21.6. The third-order valence-electron chi connectivity index (χ3n) is 17.1. The molecule has 1 aromatic heterocycles. The maximum atomic E-state index is 12.9. The molecule has 1 saturated heterocycles. The van der Waals surface area contributed by atoms with Gasteiger partial charge >= 0.3 is 11.8 Å². The summed E-state index contributed by atoms with van der Waals surface area (Å²) in [7, 11) is -0.716. The molecule has 12 nitrogen and oxygen atoms in total. The van der Waals surface area contributed by atoms with Crippen molar-refractivity contribution in [3.63, 3.8) is 0 Å². The van der Waals surface area contributed by atoms with Crippen molar-refractivity contribution in [2.75, 3.05) is 20.3 Å². The first-order valence-corrected chi connectivity index (χ1v) is 27.6. The van der Waals surface area contributed by atoms with Gasteiger partial charge in [-0.25, -0.2) is 9.59 Å². The van der Waals surface area contributed by atoms with E-state index in [0.29, 0.717) is 12.0 Å². The Morgan fingerprint density at radius 2 is 1.81 bits per heavy atom. The van der Waals surface area contributed by atoms with Crippen LogP contribution in [0.25, 0.3) is 0 Å². The van der Waals surface area contributed by atoms with E-state index >= 15 is 0 Å². The zero-order valence-corrected chi connectivity index (χ0v) is 41.8. The van der Waals surface area contributed by atoms with Crippen LogP contribution in [0.1, 0.15) is 158 Å². The second-order valence-electron chi connectivity index (χ2n) is 22.5. The normalized spacial score (nSPS) is 33.7. The lowest BCUT2D eigenvalue weighted by atomic mass is 9.47. The Morgan fingerprint density at radius 1 is 1.03 bits per heavy atom. The molecule has 356 valence electrons. The molecule has 1 amide bonds. The Kier molecular flexibility index (Phi) is 16.4. The van der Waals surface area contributed by atoms with Crippen LogP contribution in [0, 0.1) is 46.3 Å². The molecule has 5 unspecified atom stereocenters. The molecule has 4 fully saturated rings. The fourth-order valence-electron chi connectivity index (χ4n) is 12.5. The molecule has 6 rings (SSSR count). The number of nitrogens with zero attached hydrogens (tertiary/aromatic N) is 2. The highest BCUT2D eigenvalue weighted by Gasteiger charge is 2.59. The number of nitrogens with one attached hydrogen (secondary N) is 2. The summed E-state index contributed by atoms with van der Waals surface area (Å²) >= 11 is 0. The third kappa shape index (κ3) is 11.3. The predicted octanol–water partition coefficient (Wildman–Crippen LogP) is 10.5. The topological polar surface area (TPSA) is 142 Å². The molecule has 4 aliphatic carbocycles. The monoisotopic (exact) mass is 897 g/mol. The number of hydrogen-bond donors (Lipinski definition) is 2. The zero-order valence-electron chi connectivity index (χ0n) is 40.8. The van der Waals surface area contributed by atoms with E-state index in [1.807, 2.05) is 0 Å². The number of oxime groups is 1. The van der Waals surface area contributed by atoms with E-state index in [4.69, 9.17) is 23.5 Å². The summed E-state index contributed by atoms with van der Waals surface area (Å²) in [5, 5.41) is 7.13. The van der Waals surface area contributed by atoms with Gasteiger partial charge < -0.3 is 28.8 Å². The molecule has 5 aliphatic rings. The first kappa shape index (κ1) is 49.7. The number of alkyl carbamates (subject to hydrolysis) is 1. The molecular formula is C50H84N4O8Si. The van der Waals surface area contributed by atoms with Gasteiger partial charge in [0.25, 0.3) is 5.56 Å². The summed E-state index contributed by atoms with van der Waals surface area (Å²) in [6, 6.07) is 1.29. The van der Waals surface area contributed by atoms with E-state index in [9.17, 15) is 14.4 Å².